The van der Waals surface area contributed by atoms with Crippen molar-refractivity contribution < 1.29 is 12.3 Å². The van der Waals surface area contributed by atoms with Gasteiger partial charge in [-0.25, -0.2) is 0 Å². The van der Waals surface area contributed by atoms with E-state index in [9.17, 15) is 0 Å². The lowest BCUT2D eigenvalue weighted by molar-refractivity contribution is 0.234. The number of hydrogen-bond acceptors (Lipinski definition) is 3. The van der Waals surface area contributed by atoms with Crippen molar-refractivity contribution in [2.24, 2.45) is 0 Å². The molecule has 1 aliphatic heterocycles. The smallest absolute Gasteiger partial charge is 0.370 e. The van der Waals surface area contributed by atoms with E-state index in [4.69, 9.17) is 12.3 Å². The summed E-state index contributed by atoms with van der Waals surface area (Å²) in [4.78, 5) is 0. The van der Waals surface area contributed by atoms with Crippen LogP contribution in [0.3, 0.4) is 0 Å². The molecule has 0 aromatic heterocycles. The molecule has 1 saturated heterocycles. The first-order valence-electron chi connectivity index (χ1n) is 4.67. The van der Waals surface area contributed by atoms with Crippen LogP contribution >= 0.6 is 63.7 Å². The lowest BCUT2D eigenvalue weighted by Gasteiger charge is -2.50. The minimum Gasteiger partial charge on any atom is -0.416 e. The van der Waals surface area contributed by atoms with Gasteiger partial charge in [-0.15, -0.1) is 0 Å². The molecule has 1 heterocycles. The van der Waals surface area contributed by atoms with Crippen LogP contribution in [0, 0.1) is 0 Å². The fraction of sp³-hybridized carbons (Fsp3) is 1.00. The lowest BCUT2D eigenvalue weighted by Crippen LogP contribution is -2.71. The molecule has 96 valence electrons. The van der Waals surface area contributed by atoms with E-state index in [1.54, 1.807) is 0 Å². The summed E-state index contributed by atoms with van der Waals surface area (Å²) in [6, 6.07) is 0. The first-order valence-corrected chi connectivity index (χ1v) is 15.9. The Balaban J connectivity index is 3.10. The summed E-state index contributed by atoms with van der Waals surface area (Å²) in [5.41, 5.74) is 0. The molecular formula is C6H14Br4O3Si3. The summed E-state index contributed by atoms with van der Waals surface area (Å²) in [6.07, 6.45) is 0. The predicted octanol–water partition coefficient (Wildman–Crippen LogP) is 4.21. The molecule has 0 spiro atoms. The SMILES string of the molecule is C[Si]1(C)O[Si](C)(C)O[Si](C(Br)Br)(C(Br)Br)O1. The fourth-order valence-corrected chi connectivity index (χ4v) is 30.0. The van der Waals surface area contributed by atoms with Crippen LogP contribution in [0.2, 0.25) is 26.2 Å². The van der Waals surface area contributed by atoms with Gasteiger partial charge in [-0.05, 0) is 26.2 Å². The van der Waals surface area contributed by atoms with Gasteiger partial charge in [0.25, 0.3) is 0 Å². The van der Waals surface area contributed by atoms with E-state index in [-0.39, 0.29) is 6.72 Å². The van der Waals surface area contributed by atoms with Crippen LogP contribution in [-0.4, -0.2) is 32.4 Å². The van der Waals surface area contributed by atoms with Gasteiger partial charge in [0.1, 0.15) is 6.72 Å². The highest BCUT2D eigenvalue weighted by Gasteiger charge is 2.61. The van der Waals surface area contributed by atoms with Crippen LogP contribution in [0.1, 0.15) is 0 Å². The number of rotatable bonds is 2. The molecule has 1 aliphatic rings. The van der Waals surface area contributed by atoms with Crippen LogP contribution in [0.4, 0.5) is 0 Å². The molecule has 0 aromatic carbocycles. The molecule has 0 amide bonds. The minimum atomic E-state index is -2.44. The third-order valence-electron chi connectivity index (χ3n) is 1.91. The van der Waals surface area contributed by atoms with Crippen LogP contribution < -0.4 is 0 Å². The Bertz CT molecular complexity index is 248. The minimum absolute atomic E-state index is 0.0127. The van der Waals surface area contributed by atoms with Crippen LogP contribution in [0.25, 0.3) is 0 Å². The maximum atomic E-state index is 6.20. The van der Waals surface area contributed by atoms with Crippen molar-refractivity contribution in [1.82, 2.24) is 0 Å². The molecule has 0 N–H and O–H groups in total. The second-order valence-corrected chi connectivity index (χ2v) is 24.6. The third-order valence-corrected chi connectivity index (χ3v) is 21.2. The molecule has 0 bridgehead atoms. The van der Waals surface area contributed by atoms with E-state index >= 15 is 0 Å². The highest BCUT2D eigenvalue weighted by Crippen LogP contribution is 2.42. The van der Waals surface area contributed by atoms with Crippen molar-refractivity contribution in [3.05, 3.63) is 0 Å². The highest BCUT2D eigenvalue weighted by molar-refractivity contribution is 9.27. The van der Waals surface area contributed by atoms with Crippen molar-refractivity contribution in [2.75, 3.05) is 0 Å². The maximum Gasteiger partial charge on any atom is 0.370 e. The second kappa shape index (κ2) is 5.44. The summed E-state index contributed by atoms with van der Waals surface area (Å²) in [7, 11) is -6.66. The monoisotopic (exact) mass is 534 g/mol. The Morgan fingerprint density at radius 3 is 1.25 bits per heavy atom. The van der Waals surface area contributed by atoms with E-state index in [2.05, 4.69) is 89.9 Å². The number of hydrogen-bond donors (Lipinski definition) is 0. The van der Waals surface area contributed by atoms with E-state index in [0.717, 1.165) is 0 Å². The first kappa shape index (κ1) is 16.5. The highest BCUT2D eigenvalue weighted by atomic mass is 79.9. The molecule has 0 aromatic rings. The molecule has 0 saturated carbocycles. The maximum absolute atomic E-state index is 6.20. The molecule has 0 atom stereocenters. The lowest BCUT2D eigenvalue weighted by atomic mass is 11.9. The van der Waals surface area contributed by atoms with Crippen molar-refractivity contribution in [3.8, 4) is 0 Å². The van der Waals surface area contributed by atoms with E-state index in [1.807, 2.05) is 0 Å². The number of halogens is 4. The van der Waals surface area contributed by atoms with Gasteiger partial charge < -0.3 is 12.3 Å². The zero-order valence-corrected chi connectivity index (χ0v) is 18.7. The largest absolute Gasteiger partial charge is 0.416 e. The number of alkyl halides is 4. The van der Waals surface area contributed by atoms with Crippen molar-refractivity contribution in [2.45, 2.75) is 32.9 Å². The molecule has 1 rings (SSSR count). The van der Waals surface area contributed by atoms with Gasteiger partial charge in [-0.3, -0.25) is 0 Å². The fourth-order valence-electron chi connectivity index (χ4n) is 1.70. The Morgan fingerprint density at radius 2 is 1.00 bits per heavy atom. The van der Waals surface area contributed by atoms with Gasteiger partial charge in [-0.1, -0.05) is 63.7 Å². The molecule has 3 nitrogen and oxygen atoms in total. The molecular weight excluding hydrogens is 524 g/mol. The first-order chi connectivity index (χ1) is 7.01. The van der Waals surface area contributed by atoms with Crippen molar-refractivity contribution >= 4 is 89.4 Å². The zero-order chi connectivity index (χ0) is 12.8. The van der Waals surface area contributed by atoms with Crippen LogP contribution in [0.5, 0.6) is 0 Å². The molecule has 10 heteroatoms. The van der Waals surface area contributed by atoms with Crippen LogP contribution in [0.15, 0.2) is 0 Å². The topological polar surface area (TPSA) is 27.7 Å². The van der Waals surface area contributed by atoms with E-state index in [0.29, 0.717) is 0 Å². The molecule has 0 aliphatic carbocycles. The summed E-state index contributed by atoms with van der Waals surface area (Å²) < 4.78 is 18.4. The van der Waals surface area contributed by atoms with Gasteiger partial charge in [0.15, 0.2) is 0 Å². The molecule has 1 fully saturated rings. The van der Waals surface area contributed by atoms with Gasteiger partial charge in [0.05, 0.1) is 0 Å². The Labute approximate surface area is 133 Å². The molecule has 16 heavy (non-hydrogen) atoms. The van der Waals surface area contributed by atoms with Gasteiger partial charge in [0.2, 0.25) is 0 Å². The summed E-state index contributed by atoms with van der Waals surface area (Å²) in [6.45, 7) is 8.26. The van der Waals surface area contributed by atoms with Gasteiger partial charge in [0, 0.05) is 0 Å². The Hall–Kier alpha value is 2.45. The quantitative estimate of drug-likeness (QED) is 0.390. The van der Waals surface area contributed by atoms with E-state index in [1.165, 1.54) is 0 Å². The van der Waals surface area contributed by atoms with E-state index < -0.39 is 25.7 Å². The average molecular weight is 538 g/mol. The standard InChI is InChI=1S/C6H14Br4O3Si3/c1-14(2)11-15(3,4)13-16(12-14,5(7)8)6(9)10/h5-6H,1-4H3. The average Bonchev–Trinajstić information content (AvgIpc) is 1.96. The molecule has 0 unspecified atom stereocenters. The second-order valence-electron chi connectivity index (χ2n) is 4.43. The summed E-state index contributed by atoms with van der Waals surface area (Å²) >= 11 is 14.2. The van der Waals surface area contributed by atoms with Crippen molar-refractivity contribution in [3.63, 3.8) is 0 Å². The normalized spacial score (nSPS) is 27.4. The zero-order valence-electron chi connectivity index (χ0n) is 9.39. The third kappa shape index (κ3) is 3.73. The summed E-state index contributed by atoms with van der Waals surface area (Å²) in [5.74, 6) is 0. The van der Waals surface area contributed by atoms with Crippen LogP contribution in [-0.2, 0) is 12.3 Å². The van der Waals surface area contributed by atoms with Gasteiger partial charge >= 0.3 is 25.7 Å². The Morgan fingerprint density at radius 1 is 0.688 bits per heavy atom. The predicted molar refractivity (Wildman–Crippen MR) is 87.3 cm³/mol. The van der Waals surface area contributed by atoms with Crippen molar-refractivity contribution in [1.29, 1.82) is 0 Å². The summed E-state index contributed by atoms with van der Waals surface area (Å²) in [5, 5.41) is 0. The molecule has 0 radical (unpaired) electrons. The van der Waals surface area contributed by atoms with Gasteiger partial charge in [-0.2, -0.15) is 0 Å². The Kier molecular flexibility index (Phi) is 5.62.